The van der Waals surface area contributed by atoms with Crippen molar-refractivity contribution >= 4 is 17.6 Å². The van der Waals surface area contributed by atoms with E-state index in [0.29, 0.717) is 36.1 Å². The van der Waals surface area contributed by atoms with Gasteiger partial charge in [0, 0.05) is 44.2 Å². The van der Waals surface area contributed by atoms with Crippen LogP contribution in [0.3, 0.4) is 0 Å². The molecule has 1 radical (unpaired) electrons. The van der Waals surface area contributed by atoms with Gasteiger partial charge in [0.2, 0.25) is 5.91 Å². The molecule has 17 heavy (non-hydrogen) atoms. The number of fused-ring (bicyclic) bond motifs is 1. The molecule has 0 bridgehead atoms. The van der Waals surface area contributed by atoms with Crippen molar-refractivity contribution in [2.75, 3.05) is 11.9 Å². The summed E-state index contributed by atoms with van der Waals surface area (Å²) in [5.74, 6) is 1.23. The average Bonchev–Trinajstić information content (AvgIpc) is 2.65. The Kier molecular flexibility index (Phi) is 4.98. The summed E-state index contributed by atoms with van der Waals surface area (Å²) in [4.78, 5) is 23.5. The van der Waals surface area contributed by atoms with Crippen LogP contribution in [-0.4, -0.2) is 23.3 Å². The Morgan fingerprint density at radius 2 is 2.41 bits per heavy atom. The van der Waals surface area contributed by atoms with E-state index in [9.17, 15) is 4.79 Å². The maximum Gasteiger partial charge on any atom is 0.231 e. The molecule has 1 amide bonds. The van der Waals surface area contributed by atoms with Crippen molar-refractivity contribution in [1.82, 2.24) is 15.3 Å². The van der Waals surface area contributed by atoms with Gasteiger partial charge in [0.1, 0.15) is 5.84 Å². The molecule has 0 aliphatic carbocycles. The molecule has 8 heteroatoms. The number of hydrogen-bond acceptors (Lipinski definition) is 4. The average molecular weight is 309 g/mol. The first-order valence-corrected chi connectivity index (χ1v) is 4.82. The molecule has 1 aliphatic rings. The Labute approximate surface area is 123 Å². The summed E-state index contributed by atoms with van der Waals surface area (Å²) in [7, 11) is 0. The number of carbonyl (C=O) groups excluding carboxylic acids is 1. The standard InChI is InChI=1S/C9H12N6O.Y/c1-5-13-8-7(11-4-12-8)9(14-5)15-6(16)2-3-10;/h4H,1-3,10H2,(H3,11,12,13,14,15,16);. The molecule has 2 rings (SSSR count). The fourth-order valence-electron chi connectivity index (χ4n) is 1.33. The molecule has 2 heterocycles. The molecule has 0 saturated heterocycles. The van der Waals surface area contributed by atoms with E-state index < -0.39 is 0 Å². The number of aromatic nitrogens is 2. The van der Waals surface area contributed by atoms with E-state index in [-0.39, 0.29) is 38.6 Å². The third-order valence-electron chi connectivity index (χ3n) is 1.99. The van der Waals surface area contributed by atoms with Gasteiger partial charge >= 0.3 is 0 Å². The SMILES string of the molecule is C=C1N=C(NC(=O)CC[NH3+])c2nc[n-]c2N1.[Y]. The third-order valence-corrected chi connectivity index (χ3v) is 1.99. The molecule has 87 valence electrons. The van der Waals surface area contributed by atoms with E-state index in [1.807, 2.05) is 0 Å². The van der Waals surface area contributed by atoms with Crippen LogP contribution in [0.5, 0.6) is 0 Å². The van der Waals surface area contributed by atoms with Gasteiger partial charge in [-0.1, -0.05) is 6.58 Å². The number of rotatable bonds is 2. The van der Waals surface area contributed by atoms with E-state index in [1.165, 1.54) is 6.33 Å². The van der Waals surface area contributed by atoms with Crippen molar-refractivity contribution in [1.29, 1.82) is 0 Å². The number of quaternary nitrogens is 1. The zero-order valence-corrected chi connectivity index (χ0v) is 12.1. The number of nitrogens with one attached hydrogen (secondary N) is 2. The van der Waals surface area contributed by atoms with E-state index in [4.69, 9.17) is 0 Å². The number of amidine groups is 1. The summed E-state index contributed by atoms with van der Waals surface area (Å²) in [6.45, 7) is 4.21. The molecule has 1 aliphatic heterocycles. The fraction of sp³-hybridized carbons (Fsp3) is 0.222. The quantitative estimate of drug-likeness (QED) is 0.613. The number of aliphatic imine (C=N–C) groups is 1. The molecule has 7 nitrogen and oxygen atoms in total. The van der Waals surface area contributed by atoms with Gasteiger partial charge in [-0.05, 0) is 6.33 Å². The summed E-state index contributed by atoms with van der Waals surface area (Å²) in [6, 6.07) is 0. The van der Waals surface area contributed by atoms with Gasteiger partial charge in [-0.25, -0.2) is 4.99 Å². The molecule has 0 atom stereocenters. The predicted molar refractivity (Wildman–Crippen MR) is 57.4 cm³/mol. The van der Waals surface area contributed by atoms with Crippen LogP contribution >= 0.6 is 0 Å². The van der Waals surface area contributed by atoms with Gasteiger partial charge < -0.3 is 26.3 Å². The van der Waals surface area contributed by atoms with E-state index >= 15 is 0 Å². The molecule has 0 fully saturated rings. The van der Waals surface area contributed by atoms with Gasteiger partial charge in [-0.2, -0.15) is 0 Å². The minimum Gasteiger partial charge on any atom is -0.399 e. The van der Waals surface area contributed by atoms with Crippen LogP contribution < -0.4 is 21.4 Å². The van der Waals surface area contributed by atoms with E-state index in [2.05, 4.69) is 37.9 Å². The first-order valence-electron chi connectivity index (χ1n) is 4.82. The zero-order chi connectivity index (χ0) is 11.5. The molecule has 0 unspecified atom stereocenters. The minimum atomic E-state index is -0.141. The first-order chi connectivity index (χ1) is 7.70. The summed E-state index contributed by atoms with van der Waals surface area (Å²) >= 11 is 0. The molecule has 0 aromatic carbocycles. The van der Waals surface area contributed by atoms with Gasteiger partial charge in [-0.15, -0.1) is 0 Å². The van der Waals surface area contributed by atoms with Crippen molar-refractivity contribution < 1.29 is 43.2 Å². The molecule has 0 spiro atoms. The number of carbonyl (C=O) groups is 1. The predicted octanol–water partition coefficient (Wildman–Crippen LogP) is -1.57. The monoisotopic (exact) mass is 309 g/mol. The molecule has 1 aromatic heterocycles. The van der Waals surface area contributed by atoms with E-state index in [1.54, 1.807) is 0 Å². The molecule has 0 saturated carbocycles. The van der Waals surface area contributed by atoms with E-state index in [0.717, 1.165) is 0 Å². The molecule has 1 aromatic rings. The Hall–Kier alpha value is -1.05. The Morgan fingerprint density at radius 1 is 1.65 bits per heavy atom. The van der Waals surface area contributed by atoms with Crippen molar-refractivity contribution in [3.05, 3.63) is 24.4 Å². The fourth-order valence-corrected chi connectivity index (χ4v) is 1.33. The van der Waals surface area contributed by atoms with Crippen LogP contribution in [0.4, 0.5) is 5.82 Å². The Balaban J connectivity index is 0.00000144. The molecule has 5 N–H and O–H groups in total. The largest absolute Gasteiger partial charge is 0.399 e. The van der Waals surface area contributed by atoms with Gasteiger partial charge in [0.25, 0.3) is 0 Å². The van der Waals surface area contributed by atoms with Crippen molar-refractivity contribution in [3.8, 4) is 0 Å². The van der Waals surface area contributed by atoms with Crippen LogP contribution in [0.15, 0.2) is 23.7 Å². The Bertz CT molecular complexity index is 466. The van der Waals surface area contributed by atoms with Crippen LogP contribution in [-0.2, 0) is 37.5 Å². The number of imidazole rings is 1. The van der Waals surface area contributed by atoms with Crippen LogP contribution in [0.25, 0.3) is 0 Å². The number of nitrogens with zero attached hydrogens (tertiary/aromatic N) is 3. The summed E-state index contributed by atoms with van der Waals surface area (Å²) < 4.78 is 0. The maximum atomic E-state index is 11.4. The number of anilines is 1. The second kappa shape index (κ2) is 6.04. The van der Waals surface area contributed by atoms with Gasteiger partial charge in [-0.3, -0.25) is 4.79 Å². The summed E-state index contributed by atoms with van der Waals surface area (Å²) in [5.41, 5.74) is 4.14. The third kappa shape index (κ3) is 3.21. The van der Waals surface area contributed by atoms with Crippen LogP contribution in [0.2, 0.25) is 0 Å². The Morgan fingerprint density at radius 3 is 3.12 bits per heavy atom. The summed E-state index contributed by atoms with van der Waals surface area (Å²) in [5, 5.41) is 5.52. The maximum absolute atomic E-state index is 11.4. The van der Waals surface area contributed by atoms with Gasteiger partial charge in [0.15, 0.2) is 0 Å². The number of hydrogen-bond donors (Lipinski definition) is 3. The van der Waals surface area contributed by atoms with Crippen LogP contribution in [0, 0.1) is 0 Å². The van der Waals surface area contributed by atoms with Crippen molar-refractivity contribution in [2.45, 2.75) is 6.42 Å². The summed E-state index contributed by atoms with van der Waals surface area (Å²) in [6.07, 6.45) is 1.75. The smallest absolute Gasteiger partial charge is 0.231 e. The second-order valence-corrected chi connectivity index (χ2v) is 3.25. The topological polar surface area (TPSA) is 108 Å². The second-order valence-electron chi connectivity index (χ2n) is 3.25. The van der Waals surface area contributed by atoms with Gasteiger partial charge in [0.05, 0.1) is 18.8 Å². The van der Waals surface area contributed by atoms with Crippen molar-refractivity contribution in [2.24, 2.45) is 4.99 Å². The minimum absolute atomic E-state index is 0. The normalized spacial score (nSPS) is 13.0. The molecular formula is C9H12N6OY. The number of amides is 1. The zero-order valence-electron chi connectivity index (χ0n) is 9.23. The first kappa shape index (κ1) is 14.0. The van der Waals surface area contributed by atoms with Crippen molar-refractivity contribution in [3.63, 3.8) is 0 Å². The van der Waals surface area contributed by atoms with Crippen LogP contribution in [0.1, 0.15) is 12.1 Å². The molecular weight excluding hydrogens is 297 g/mol.